The molecule has 0 aliphatic heterocycles. The molecule has 0 amide bonds. The van der Waals surface area contributed by atoms with Gasteiger partial charge in [-0.1, -0.05) is 6.07 Å². The summed E-state index contributed by atoms with van der Waals surface area (Å²) in [5.41, 5.74) is -0.956. The number of hydrogen-bond donors (Lipinski definition) is 4. The maximum atomic E-state index is 12.9. The molecule has 0 bridgehead atoms. The molecule has 0 aliphatic carbocycles. The molecule has 4 N–H and O–H groups in total. The van der Waals surface area contributed by atoms with Crippen molar-refractivity contribution in [3.8, 4) is 28.7 Å². The molecule has 0 fully saturated rings. The average molecular weight is 348 g/mol. The summed E-state index contributed by atoms with van der Waals surface area (Å²) < 4.78 is 10.0. The highest BCUT2D eigenvalue weighted by atomic mass is 16.5. The molecule has 8 heteroatoms. The summed E-state index contributed by atoms with van der Waals surface area (Å²) in [4.78, 5) is 24.4. The maximum Gasteiger partial charge on any atom is 0.336 e. The van der Waals surface area contributed by atoms with Crippen LogP contribution in [-0.2, 0) is 0 Å². The second-order valence-corrected chi connectivity index (χ2v) is 5.15. The summed E-state index contributed by atoms with van der Waals surface area (Å²) in [6.45, 7) is 1.52. The minimum Gasteiger partial charge on any atom is -0.504 e. The molecule has 0 aromatic heterocycles. The van der Waals surface area contributed by atoms with Gasteiger partial charge in [0.1, 0.15) is 0 Å². The second kappa shape index (κ2) is 6.60. The van der Waals surface area contributed by atoms with E-state index in [4.69, 9.17) is 9.47 Å². The van der Waals surface area contributed by atoms with Crippen LogP contribution in [0.25, 0.3) is 0 Å². The lowest BCUT2D eigenvalue weighted by Gasteiger charge is -2.16. The van der Waals surface area contributed by atoms with Crippen LogP contribution in [0.5, 0.6) is 28.7 Å². The number of aryl methyl sites for hydroxylation is 1. The van der Waals surface area contributed by atoms with Gasteiger partial charge in [0.25, 0.3) is 0 Å². The van der Waals surface area contributed by atoms with Gasteiger partial charge in [-0.15, -0.1) is 0 Å². The highest BCUT2D eigenvalue weighted by Gasteiger charge is 2.30. The highest BCUT2D eigenvalue weighted by Crippen LogP contribution is 2.43. The van der Waals surface area contributed by atoms with Crippen molar-refractivity contribution >= 4 is 11.8 Å². The van der Waals surface area contributed by atoms with Crippen LogP contribution >= 0.6 is 0 Å². The molecule has 0 aliphatic rings. The zero-order chi connectivity index (χ0) is 18.9. The third kappa shape index (κ3) is 2.89. The molecule has 0 spiro atoms. The Kier molecular flexibility index (Phi) is 4.73. The first-order valence-corrected chi connectivity index (χ1v) is 7.02. The van der Waals surface area contributed by atoms with E-state index in [1.807, 2.05) is 0 Å². The van der Waals surface area contributed by atoms with Gasteiger partial charge in [0.2, 0.25) is 11.5 Å². The van der Waals surface area contributed by atoms with Gasteiger partial charge in [0.05, 0.1) is 30.9 Å². The zero-order valence-corrected chi connectivity index (χ0v) is 13.7. The first-order valence-electron chi connectivity index (χ1n) is 7.02. The van der Waals surface area contributed by atoms with Crippen molar-refractivity contribution < 1.29 is 39.5 Å². The van der Waals surface area contributed by atoms with Crippen molar-refractivity contribution in [2.24, 2.45) is 0 Å². The molecule has 2 aromatic rings. The van der Waals surface area contributed by atoms with Crippen LogP contribution in [0.3, 0.4) is 0 Å². The fourth-order valence-electron chi connectivity index (χ4n) is 2.41. The smallest absolute Gasteiger partial charge is 0.336 e. The number of ether oxygens (including phenoxy) is 2. The molecule has 8 nitrogen and oxygen atoms in total. The Labute approximate surface area is 142 Å². The van der Waals surface area contributed by atoms with Crippen LogP contribution in [0.1, 0.15) is 31.8 Å². The minimum atomic E-state index is -1.49. The molecule has 0 radical (unpaired) electrons. The zero-order valence-electron chi connectivity index (χ0n) is 13.7. The molecule has 25 heavy (non-hydrogen) atoms. The van der Waals surface area contributed by atoms with Crippen LogP contribution < -0.4 is 9.47 Å². The Bertz CT molecular complexity index is 870. The molecule has 0 heterocycles. The number of aromatic hydroxyl groups is 3. The van der Waals surface area contributed by atoms with Gasteiger partial charge in [0.15, 0.2) is 23.0 Å². The maximum absolute atomic E-state index is 12.9. The summed E-state index contributed by atoms with van der Waals surface area (Å²) in [5.74, 6) is -4.64. The number of carboxylic acids is 1. The molecule has 0 atom stereocenters. The van der Waals surface area contributed by atoms with Crippen molar-refractivity contribution in [3.05, 3.63) is 40.5 Å². The fraction of sp³-hybridized carbons (Fsp3) is 0.176. The minimum absolute atomic E-state index is 0.230. The van der Waals surface area contributed by atoms with E-state index in [9.17, 15) is 30.0 Å². The van der Waals surface area contributed by atoms with Gasteiger partial charge in [-0.25, -0.2) is 4.79 Å². The van der Waals surface area contributed by atoms with E-state index in [1.165, 1.54) is 33.3 Å². The number of rotatable bonds is 5. The van der Waals surface area contributed by atoms with Crippen molar-refractivity contribution in [3.63, 3.8) is 0 Å². The standard InChI is InChI=1S/C17H16O8/c1-7-4-5-8(14(21)12(7)19)13(20)11-9(17(22)23)6-10(18)15(24-2)16(11)25-3/h4-6,18-19,21H,1-3H3,(H,22,23). The summed E-state index contributed by atoms with van der Waals surface area (Å²) in [5, 5.41) is 39.1. The fourth-order valence-corrected chi connectivity index (χ4v) is 2.41. The van der Waals surface area contributed by atoms with Gasteiger partial charge >= 0.3 is 5.97 Å². The number of carbonyl (C=O) groups excluding carboxylic acids is 1. The predicted octanol–water partition coefficient (Wildman–Crippen LogP) is 2.06. The van der Waals surface area contributed by atoms with Gasteiger partial charge in [-0.3, -0.25) is 4.79 Å². The van der Waals surface area contributed by atoms with Crippen LogP contribution in [-0.4, -0.2) is 46.4 Å². The number of aromatic carboxylic acids is 1. The van der Waals surface area contributed by atoms with Crippen molar-refractivity contribution in [2.75, 3.05) is 14.2 Å². The predicted molar refractivity (Wildman–Crippen MR) is 86.1 cm³/mol. The Morgan fingerprint density at radius 1 is 0.920 bits per heavy atom. The molecule has 0 unspecified atom stereocenters. The number of phenols is 3. The molecule has 2 aromatic carbocycles. The van der Waals surface area contributed by atoms with Crippen LogP contribution in [0.15, 0.2) is 18.2 Å². The Balaban J connectivity index is 2.83. The number of methoxy groups -OCH3 is 2. The quantitative estimate of drug-likeness (QED) is 0.476. The van der Waals surface area contributed by atoms with Crippen molar-refractivity contribution in [1.29, 1.82) is 0 Å². The number of ketones is 1. The first kappa shape index (κ1) is 17.9. The first-order chi connectivity index (χ1) is 11.7. The molecule has 0 saturated heterocycles. The number of benzene rings is 2. The van der Waals surface area contributed by atoms with Gasteiger partial charge in [-0.2, -0.15) is 0 Å². The van der Waals surface area contributed by atoms with E-state index in [-0.39, 0.29) is 17.1 Å². The lowest BCUT2D eigenvalue weighted by atomic mass is 9.94. The Hall–Kier alpha value is -3.42. The monoisotopic (exact) mass is 348 g/mol. The molecule has 132 valence electrons. The molecular formula is C17H16O8. The third-order valence-electron chi connectivity index (χ3n) is 3.68. The Morgan fingerprint density at radius 2 is 1.52 bits per heavy atom. The summed E-state index contributed by atoms with van der Waals surface area (Å²) >= 11 is 0. The number of hydrogen-bond acceptors (Lipinski definition) is 7. The van der Waals surface area contributed by atoms with Crippen LogP contribution in [0.4, 0.5) is 0 Å². The number of carbonyl (C=O) groups is 2. The van der Waals surface area contributed by atoms with E-state index in [2.05, 4.69) is 0 Å². The van der Waals surface area contributed by atoms with E-state index in [0.29, 0.717) is 5.56 Å². The highest BCUT2D eigenvalue weighted by molar-refractivity contribution is 6.18. The Morgan fingerprint density at radius 3 is 2.04 bits per heavy atom. The SMILES string of the molecule is COc1c(O)cc(C(=O)O)c(C(=O)c2ccc(C)c(O)c2O)c1OC. The molecule has 0 saturated carbocycles. The van der Waals surface area contributed by atoms with E-state index >= 15 is 0 Å². The van der Waals surface area contributed by atoms with Gasteiger partial charge in [-0.05, 0) is 24.6 Å². The average Bonchev–Trinajstić information content (AvgIpc) is 2.58. The summed E-state index contributed by atoms with van der Waals surface area (Å²) in [7, 11) is 2.38. The second-order valence-electron chi connectivity index (χ2n) is 5.15. The normalized spacial score (nSPS) is 10.4. The van der Waals surface area contributed by atoms with E-state index in [0.717, 1.165) is 6.07 Å². The van der Waals surface area contributed by atoms with Crippen LogP contribution in [0.2, 0.25) is 0 Å². The largest absolute Gasteiger partial charge is 0.504 e. The van der Waals surface area contributed by atoms with Crippen LogP contribution in [0, 0.1) is 6.92 Å². The lowest BCUT2D eigenvalue weighted by Crippen LogP contribution is -2.13. The molecule has 2 rings (SSSR count). The van der Waals surface area contributed by atoms with Crippen molar-refractivity contribution in [1.82, 2.24) is 0 Å². The summed E-state index contributed by atoms with van der Waals surface area (Å²) in [6.07, 6.45) is 0. The van der Waals surface area contributed by atoms with Crippen molar-refractivity contribution in [2.45, 2.75) is 6.92 Å². The van der Waals surface area contributed by atoms with E-state index in [1.54, 1.807) is 0 Å². The van der Waals surface area contributed by atoms with E-state index < -0.39 is 40.1 Å². The third-order valence-corrected chi connectivity index (χ3v) is 3.68. The molecular weight excluding hydrogens is 332 g/mol. The van der Waals surface area contributed by atoms with Gasteiger partial charge < -0.3 is 29.9 Å². The lowest BCUT2D eigenvalue weighted by molar-refractivity contribution is 0.0691. The topological polar surface area (TPSA) is 134 Å². The number of phenolic OH excluding ortho intramolecular Hbond substituents is 3. The summed E-state index contributed by atoms with van der Waals surface area (Å²) in [6, 6.07) is 3.49. The number of carboxylic acid groups (broad SMARTS) is 1. The van der Waals surface area contributed by atoms with Gasteiger partial charge in [0, 0.05) is 0 Å².